The van der Waals surface area contributed by atoms with Crippen molar-refractivity contribution >= 4 is 26.6 Å². The molecule has 0 rings (SSSR count). The van der Waals surface area contributed by atoms with Crippen LogP contribution in [-0.2, 0) is 8.23 Å². The summed E-state index contributed by atoms with van der Waals surface area (Å²) in [4.78, 5) is 0. The Kier molecular flexibility index (Phi) is 9.81. The second-order valence-electron chi connectivity index (χ2n) is 4.73. The Balaban J connectivity index is 4.63. The van der Waals surface area contributed by atoms with Crippen LogP contribution in [0, 0.1) is 0 Å². The van der Waals surface area contributed by atoms with E-state index in [1.807, 2.05) is 0 Å². The molecule has 0 aliphatic heterocycles. The summed E-state index contributed by atoms with van der Waals surface area (Å²) in [5.41, 5.74) is 0. The van der Waals surface area contributed by atoms with E-state index in [1.54, 1.807) is 0 Å². The highest BCUT2D eigenvalue weighted by Crippen LogP contribution is 2.24. The smallest absolute Gasteiger partial charge is 0.316 e. The molecule has 0 saturated carbocycles. The lowest BCUT2D eigenvalue weighted by molar-refractivity contribution is 0.386. The summed E-state index contributed by atoms with van der Waals surface area (Å²) in [7, 11) is -3.78. The minimum atomic E-state index is -1.83. The van der Waals surface area contributed by atoms with Crippen LogP contribution < -0.4 is 0 Å². The summed E-state index contributed by atoms with van der Waals surface area (Å²) >= 11 is 0. The number of rotatable bonds is 10. The van der Waals surface area contributed by atoms with Crippen molar-refractivity contribution in [2.45, 2.75) is 77.8 Å². The Morgan fingerprint density at radius 3 is 1.12 bits per heavy atom. The predicted octanol–water partition coefficient (Wildman–Crippen LogP) is 4.03. The molecule has 0 aliphatic carbocycles. The molecule has 0 amide bonds. The first kappa shape index (κ1) is 17.6. The van der Waals surface area contributed by atoms with Gasteiger partial charge in [0, 0.05) is 0 Å². The molecule has 0 aromatic carbocycles. The van der Waals surface area contributed by atoms with E-state index in [0.717, 1.165) is 12.1 Å². The van der Waals surface area contributed by atoms with E-state index in [-0.39, 0.29) is 0 Å². The fourth-order valence-corrected chi connectivity index (χ4v) is 14.7. The van der Waals surface area contributed by atoms with Gasteiger partial charge in [-0.1, -0.05) is 41.5 Å². The average Bonchev–Trinajstić information content (AvgIpc) is 2.40. The van der Waals surface area contributed by atoms with Crippen molar-refractivity contribution in [2.75, 3.05) is 0 Å². The quantitative estimate of drug-likeness (QED) is 0.566. The van der Waals surface area contributed by atoms with E-state index in [2.05, 4.69) is 41.5 Å². The summed E-state index contributed by atoms with van der Waals surface area (Å²) in [5.74, 6) is 0. The molecule has 0 fully saturated rings. The highest BCUT2D eigenvalue weighted by molar-refractivity contribution is 6.80. The Hall–Kier alpha value is 0.571. The highest BCUT2D eigenvalue weighted by Gasteiger charge is 2.37. The van der Waals surface area contributed by atoms with Gasteiger partial charge in [0.2, 0.25) is 0 Å². The van der Waals surface area contributed by atoms with E-state index in [9.17, 15) is 0 Å². The van der Waals surface area contributed by atoms with Gasteiger partial charge in [-0.25, -0.2) is 0 Å². The van der Waals surface area contributed by atoms with Crippen molar-refractivity contribution in [1.29, 1.82) is 0 Å². The fraction of sp³-hybridized carbons (Fsp3) is 1.00. The molecule has 0 radical (unpaired) electrons. The standard InChI is InChI=1S/C12H32O2Si3/c1-7-15(8-2)13-17(11-5,12-6)14-16(9-3)10-4/h15-16H,7-12H2,1-6H3. The zero-order chi connectivity index (χ0) is 13.3. The van der Waals surface area contributed by atoms with Crippen molar-refractivity contribution in [3.8, 4) is 0 Å². The minimum Gasteiger partial charge on any atom is -0.439 e. The van der Waals surface area contributed by atoms with Gasteiger partial charge in [0.1, 0.15) is 0 Å². The maximum Gasteiger partial charge on any atom is 0.316 e. The van der Waals surface area contributed by atoms with Crippen LogP contribution in [0.3, 0.4) is 0 Å². The van der Waals surface area contributed by atoms with Gasteiger partial charge < -0.3 is 8.23 Å². The summed E-state index contributed by atoms with van der Waals surface area (Å²) in [5, 5.41) is 0. The minimum absolute atomic E-state index is 0.974. The lowest BCUT2D eigenvalue weighted by Gasteiger charge is -2.36. The third kappa shape index (κ3) is 5.83. The molecule has 0 aromatic heterocycles. The first-order valence-electron chi connectivity index (χ1n) is 7.46. The third-order valence-electron chi connectivity index (χ3n) is 3.66. The van der Waals surface area contributed by atoms with Crippen LogP contribution in [0.5, 0.6) is 0 Å². The maximum absolute atomic E-state index is 6.56. The molecular weight excluding hydrogens is 260 g/mol. The first-order chi connectivity index (χ1) is 8.11. The van der Waals surface area contributed by atoms with Gasteiger partial charge in [-0.3, -0.25) is 0 Å². The predicted molar refractivity (Wildman–Crippen MR) is 85.1 cm³/mol. The first-order valence-corrected chi connectivity index (χ1v) is 13.9. The molecule has 0 aromatic rings. The van der Waals surface area contributed by atoms with Crippen LogP contribution in [0.25, 0.3) is 0 Å². The molecule has 104 valence electrons. The summed E-state index contributed by atoms with van der Waals surface area (Å²) in [6.07, 6.45) is 0. The zero-order valence-electron chi connectivity index (χ0n) is 12.7. The second kappa shape index (κ2) is 9.49. The largest absolute Gasteiger partial charge is 0.439 e. The number of hydrogen-bond donors (Lipinski definition) is 0. The lowest BCUT2D eigenvalue weighted by atomic mass is 10.9. The van der Waals surface area contributed by atoms with Gasteiger partial charge in [0.15, 0.2) is 18.1 Å². The molecule has 5 heteroatoms. The van der Waals surface area contributed by atoms with E-state index < -0.39 is 26.6 Å². The van der Waals surface area contributed by atoms with E-state index in [1.165, 1.54) is 24.2 Å². The van der Waals surface area contributed by atoms with Gasteiger partial charge >= 0.3 is 8.56 Å². The fourth-order valence-electron chi connectivity index (χ4n) is 2.13. The van der Waals surface area contributed by atoms with E-state index in [0.29, 0.717) is 0 Å². The molecular formula is C12H32O2Si3. The van der Waals surface area contributed by atoms with Crippen LogP contribution >= 0.6 is 0 Å². The van der Waals surface area contributed by atoms with Gasteiger partial charge in [0.05, 0.1) is 0 Å². The monoisotopic (exact) mass is 292 g/mol. The van der Waals surface area contributed by atoms with Crippen molar-refractivity contribution in [3.05, 3.63) is 0 Å². The Bertz CT molecular complexity index is 163. The number of hydrogen-bond acceptors (Lipinski definition) is 2. The third-order valence-corrected chi connectivity index (χ3v) is 15.6. The van der Waals surface area contributed by atoms with Crippen molar-refractivity contribution in [2.24, 2.45) is 0 Å². The molecule has 0 N–H and O–H groups in total. The van der Waals surface area contributed by atoms with Crippen LogP contribution in [0.4, 0.5) is 0 Å². The van der Waals surface area contributed by atoms with Gasteiger partial charge in [0.25, 0.3) is 0 Å². The van der Waals surface area contributed by atoms with Gasteiger partial charge in [-0.05, 0) is 36.3 Å². The van der Waals surface area contributed by atoms with Crippen LogP contribution in [0.1, 0.15) is 41.5 Å². The molecule has 0 bridgehead atoms. The topological polar surface area (TPSA) is 18.5 Å². The van der Waals surface area contributed by atoms with Crippen molar-refractivity contribution in [3.63, 3.8) is 0 Å². The summed E-state index contributed by atoms with van der Waals surface area (Å²) < 4.78 is 13.1. The summed E-state index contributed by atoms with van der Waals surface area (Å²) in [6, 6.07) is 7.27. The van der Waals surface area contributed by atoms with Gasteiger partial charge in [-0.2, -0.15) is 0 Å². The van der Waals surface area contributed by atoms with Crippen LogP contribution in [-0.4, -0.2) is 26.6 Å². The molecule has 0 atom stereocenters. The molecule has 0 spiro atoms. The maximum atomic E-state index is 6.56. The Labute approximate surface area is 113 Å². The van der Waals surface area contributed by atoms with E-state index in [4.69, 9.17) is 8.23 Å². The van der Waals surface area contributed by atoms with Crippen molar-refractivity contribution in [1.82, 2.24) is 0 Å². The molecule has 0 heterocycles. The lowest BCUT2D eigenvalue weighted by Crippen LogP contribution is -2.48. The summed E-state index contributed by atoms with van der Waals surface area (Å²) in [6.45, 7) is 13.6. The van der Waals surface area contributed by atoms with Gasteiger partial charge in [-0.15, -0.1) is 0 Å². The molecule has 0 unspecified atom stereocenters. The molecule has 0 aliphatic rings. The average molecular weight is 293 g/mol. The van der Waals surface area contributed by atoms with Crippen LogP contribution in [0.15, 0.2) is 0 Å². The Morgan fingerprint density at radius 2 is 0.941 bits per heavy atom. The molecule has 17 heavy (non-hydrogen) atoms. The van der Waals surface area contributed by atoms with E-state index >= 15 is 0 Å². The van der Waals surface area contributed by atoms with Crippen LogP contribution in [0.2, 0.25) is 36.3 Å². The zero-order valence-corrected chi connectivity index (χ0v) is 16.0. The SMILES string of the molecule is CC[SiH](CC)O[Si](CC)(CC)O[SiH](CC)CC. The normalized spacial score (nSPS) is 12.7. The second-order valence-corrected chi connectivity index (χ2v) is 15.6. The highest BCUT2D eigenvalue weighted by atomic mass is 28.5. The Morgan fingerprint density at radius 1 is 0.647 bits per heavy atom. The van der Waals surface area contributed by atoms with Crippen molar-refractivity contribution < 1.29 is 8.23 Å². The molecule has 2 nitrogen and oxygen atoms in total. The molecule has 0 saturated heterocycles.